The third-order valence-corrected chi connectivity index (χ3v) is 2.72. The molecule has 5 heteroatoms. The molecule has 4 nitrogen and oxygen atoms in total. The number of rotatable bonds is 6. The van der Waals surface area contributed by atoms with Gasteiger partial charge in [0, 0.05) is 11.8 Å². The molecular formula is C16H16FNO3. The number of anilines is 1. The van der Waals surface area contributed by atoms with Crippen LogP contribution in [0, 0.1) is 5.82 Å². The topological polar surface area (TPSA) is 61.5 Å². The molecule has 0 atom stereocenters. The van der Waals surface area contributed by atoms with Crippen molar-refractivity contribution in [3.05, 3.63) is 59.9 Å². The molecule has 0 spiro atoms. The molecule has 2 aromatic carbocycles. The maximum absolute atomic E-state index is 12.9. The summed E-state index contributed by atoms with van der Waals surface area (Å²) in [5.41, 5.74) is 6.82. The van der Waals surface area contributed by atoms with E-state index in [-0.39, 0.29) is 25.5 Å². The number of benzene rings is 2. The van der Waals surface area contributed by atoms with Crippen LogP contribution in [0.5, 0.6) is 5.75 Å². The zero-order valence-corrected chi connectivity index (χ0v) is 11.4. The quantitative estimate of drug-likeness (QED) is 0.656. The van der Waals surface area contributed by atoms with E-state index in [0.717, 1.165) is 0 Å². The Morgan fingerprint density at radius 3 is 2.71 bits per heavy atom. The minimum Gasteiger partial charge on any atom is -0.493 e. The Morgan fingerprint density at radius 1 is 1.14 bits per heavy atom. The van der Waals surface area contributed by atoms with Crippen LogP contribution in [0.1, 0.15) is 12.0 Å². The second-order valence-electron chi connectivity index (χ2n) is 4.46. The number of carbonyl (C=O) groups is 1. The first-order valence-electron chi connectivity index (χ1n) is 6.52. The van der Waals surface area contributed by atoms with Gasteiger partial charge in [0.25, 0.3) is 0 Å². The first-order chi connectivity index (χ1) is 10.1. The van der Waals surface area contributed by atoms with Crippen molar-refractivity contribution < 1.29 is 18.7 Å². The van der Waals surface area contributed by atoms with Gasteiger partial charge in [-0.05, 0) is 29.8 Å². The highest BCUT2D eigenvalue weighted by molar-refractivity contribution is 5.69. The number of hydrogen-bond acceptors (Lipinski definition) is 4. The smallest absolute Gasteiger partial charge is 0.309 e. The monoisotopic (exact) mass is 289 g/mol. The number of carbonyl (C=O) groups excluding carboxylic acids is 1. The average molecular weight is 289 g/mol. The van der Waals surface area contributed by atoms with Gasteiger partial charge >= 0.3 is 5.97 Å². The molecule has 0 saturated heterocycles. The summed E-state index contributed by atoms with van der Waals surface area (Å²) < 4.78 is 23.4. The average Bonchev–Trinajstić information content (AvgIpc) is 2.45. The predicted octanol–water partition coefficient (Wildman–Crippen LogP) is 2.92. The van der Waals surface area contributed by atoms with E-state index in [1.54, 1.807) is 36.4 Å². The maximum atomic E-state index is 12.9. The molecule has 0 bridgehead atoms. The molecule has 0 fully saturated rings. The summed E-state index contributed by atoms with van der Waals surface area (Å²) in [6.07, 6.45) is 0.115. The summed E-state index contributed by atoms with van der Waals surface area (Å²) in [5.74, 6) is -0.148. The predicted molar refractivity (Wildman–Crippen MR) is 77.2 cm³/mol. The number of hydrogen-bond donors (Lipinski definition) is 1. The van der Waals surface area contributed by atoms with Crippen LogP contribution in [0.3, 0.4) is 0 Å². The van der Waals surface area contributed by atoms with E-state index in [2.05, 4.69) is 0 Å². The Balaban J connectivity index is 1.70. The van der Waals surface area contributed by atoms with Crippen LogP contribution in [0.2, 0.25) is 0 Å². The summed E-state index contributed by atoms with van der Waals surface area (Å²) >= 11 is 0. The van der Waals surface area contributed by atoms with Crippen molar-refractivity contribution in [1.82, 2.24) is 0 Å². The second-order valence-corrected chi connectivity index (χ2v) is 4.46. The summed E-state index contributed by atoms with van der Waals surface area (Å²) in [5, 5.41) is 0. The molecule has 0 aliphatic carbocycles. The van der Waals surface area contributed by atoms with Crippen molar-refractivity contribution in [1.29, 1.82) is 0 Å². The molecule has 21 heavy (non-hydrogen) atoms. The van der Waals surface area contributed by atoms with Gasteiger partial charge in [-0.2, -0.15) is 0 Å². The third-order valence-electron chi connectivity index (χ3n) is 2.72. The zero-order valence-electron chi connectivity index (χ0n) is 11.4. The van der Waals surface area contributed by atoms with Gasteiger partial charge in [0.1, 0.15) is 18.2 Å². The van der Waals surface area contributed by atoms with Crippen LogP contribution in [-0.4, -0.2) is 12.6 Å². The number of nitrogens with two attached hydrogens (primary N) is 1. The highest BCUT2D eigenvalue weighted by Crippen LogP contribution is 2.14. The third kappa shape index (κ3) is 5.14. The lowest BCUT2D eigenvalue weighted by atomic mass is 10.2. The van der Waals surface area contributed by atoms with Crippen molar-refractivity contribution in [3.63, 3.8) is 0 Å². The highest BCUT2D eigenvalue weighted by atomic mass is 19.1. The Morgan fingerprint density at radius 2 is 1.95 bits per heavy atom. The van der Waals surface area contributed by atoms with Crippen LogP contribution < -0.4 is 10.5 Å². The molecule has 110 valence electrons. The van der Waals surface area contributed by atoms with Gasteiger partial charge in [-0.3, -0.25) is 4.79 Å². The summed E-state index contributed by atoms with van der Waals surface area (Å²) in [4.78, 5) is 11.5. The lowest BCUT2D eigenvalue weighted by Gasteiger charge is -2.07. The molecule has 0 aliphatic rings. The lowest BCUT2D eigenvalue weighted by Crippen LogP contribution is -2.10. The Hall–Kier alpha value is -2.56. The van der Waals surface area contributed by atoms with Gasteiger partial charge in [0.15, 0.2) is 0 Å². The number of nitrogen functional groups attached to an aromatic ring is 1. The Labute approximate surface area is 122 Å². The van der Waals surface area contributed by atoms with Crippen molar-refractivity contribution in [2.75, 3.05) is 12.3 Å². The minimum absolute atomic E-state index is 0.0505. The molecular weight excluding hydrogens is 273 g/mol. The van der Waals surface area contributed by atoms with Crippen molar-refractivity contribution in [3.8, 4) is 5.75 Å². The fourth-order valence-electron chi connectivity index (χ4n) is 1.72. The van der Waals surface area contributed by atoms with Crippen LogP contribution in [0.15, 0.2) is 48.5 Å². The first kappa shape index (κ1) is 14.8. The molecule has 2 aromatic rings. The first-order valence-corrected chi connectivity index (χ1v) is 6.52. The molecule has 2 N–H and O–H groups in total. The van der Waals surface area contributed by atoms with Crippen molar-refractivity contribution in [2.24, 2.45) is 0 Å². The van der Waals surface area contributed by atoms with Crippen molar-refractivity contribution >= 4 is 11.7 Å². The number of ether oxygens (including phenoxy) is 2. The van der Waals surface area contributed by atoms with Gasteiger partial charge in [-0.15, -0.1) is 0 Å². The van der Waals surface area contributed by atoms with E-state index in [9.17, 15) is 9.18 Å². The molecule has 0 aromatic heterocycles. The Kier molecular flexibility index (Phi) is 5.15. The Bertz CT molecular complexity index is 616. The van der Waals surface area contributed by atoms with Crippen LogP contribution >= 0.6 is 0 Å². The molecule has 0 saturated carbocycles. The minimum atomic E-state index is -0.400. The normalized spacial score (nSPS) is 10.1. The molecule has 0 radical (unpaired) electrons. The van der Waals surface area contributed by atoms with Crippen LogP contribution in [0.25, 0.3) is 0 Å². The fraction of sp³-hybridized carbons (Fsp3) is 0.188. The van der Waals surface area contributed by atoms with E-state index in [0.29, 0.717) is 17.0 Å². The largest absolute Gasteiger partial charge is 0.493 e. The molecule has 0 unspecified atom stereocenters. The van der Waals surface area contributed by atoms with E-state index in [4.69, 9.17) is 15.2 Å². The van der Waals surface area contributed by atoms with E-state index in [1.165, 1.54) is 12.1 Å². The number of halogens is 1. The maximum Gasteiger partial charge on any atom is 0.309 e. The fourth-order valence-corrected chi connectivity index (χ4v) is 1.72. The summed E-state index contributed by atoms with van der Waals surface area (Å²) in [6, 6.07) is 12.9. The second kappa shape index (κ2) is 7.28. The SMILES string of the molecule is Nc1cccc(OCCC(=O)OCc2cccc(F)c2)c1. The standard InChI is InChI=1S/C16H16FNO3/c17-13-4-1-3-12(9-13)11-21-16(19)7-8-20-15-6-2-5-14(18)10-15/h1-6,9-10H,7-8,11,18H2. The molecule has 2 rings (SSSR count). The van der Waals surface area contributed by atoms with Crippen LogP contribution in [0.4, 0.5) is 10.1 Å². The molecule has 0 amide bonds. The van der Waals surface area contributed by atoms with Gasteiger partial charge < -0.3 is 15.2 Å². The summed E-state index contributed by atoms with van der Waals surface area (Å²) in [7, 11) is 0. The highest BCUT2D eigenvalue weighted by Gasteiger charge is 2.05. The summed E-state index contributed by atoms with van der Waals surface area (Å²) in [6.45, 7) is 0.250. The van der Waals surface area contributed by atoms with E-state index in [1.807, 2.05) is 0 Å². The van der Waals surface area contributed by atoms with Crippen molar-refractivity contribution in [2.45, 2.75) is 13.0 Å². The molecule has 0 aliphatic heterocycles. The van der Waals surface area contributed by atoms with Gasteiger partial charge in [-0.25, -0.2) is 4.39 Å². The van der Waals surface area contributed by atoms with E-state index >= 15 is 0 Å². The van der Waals surface area contributed by atoms with Gasteiger partial charge in [0.05, 0.1) is 13.0 Å². The zero-order chi connectivity index (χ0) is 15.1. The molecule has 0 heterocycles. The van der Waals surface area contributed by atoms with Crippen LogP contribution in [-0.2, 0) is 16.1 Å². The number of esters is 1. The van der Waals surface area contributed by atoms with Gasteiger partial charge in [0.2, 0.25) is 0 Å². The lowest BCUT2D eigenvalue weighted by molar-refractivity contribution is -0.145. The van der Waals surface area contributed by atoms with E-state index < -0.39 is 5.97 Å². The van der Waals surface area contributed by atoms with Gasteiger partial charge in [-0.1, -0.05) is 18.2 Å².